The Morgan fingerprint density at radius 3 is 2.33 bits per heavy atom. The predicted octanol–water partition coefficient (Wildman–Crippen LogP) is 2.99. The Labute approximate surface area is 126 Å². The molecular formula is C16H23BN2O2. The first kappa shape index (κ1) is 14.6. The largest absolute Gasteiger partial charge is 0.496 e. The molecule has 2 aromatic heterocycles. The highest BCUT2D eigenvalue weighted by atomic mass is 16.7. The standard InChI is InChI=1S/C16H23BN2O2/c1-10(2)13-9-19-14-12(13)7-11(8-18-14)17-20-15(3,4)16(5,6)21-17/h7-10H,1-6H3,(H,18,19). The number of rotatable bonds is 2. The molecule has 0 aromatic carbocycles. The zero-order chi connectivity index (χ0) is 15.4. The van der Waals surface area contributed by atoms with Crippen molar-refractivity contribution < 1.29 is 9.31 Å². The van der Waals surface area contributed by atoms with Crippen LogP contribution in [-0.2, 0) is 9.31 Å². The fourth-order valence-corrected chi connectivity index (χ4v) is 2.63. The Hall–Kier alpha value is -1.33. The first-order chi connectivity index (χ1) is 9.71. The van der Waals surface area contributed by atoms with Gasteiger partial charge in [-0.05, 0) is 45.2 Å². The summed E-state index contributed by atoms with van der Waals surface area (Å²) in [4.78, 5) is 7.74. The van der Waals surface area contributed by atoms with Crippen LogP contribution in [0.15, 0.2) is 18.5 Å². The maximum absolute atomic E-state index is 6.10. The number of H-pyrrole nitrogens is 1. The third-order valence-corrected chi connectivity index (χ3v) is 4.73. The summed E-state index contributed by atoms with van der Waals surface area (Å²) in [6.45, 7) is 12.6. The summed E-state index contributed by atoms with van der Waals surface area (Å²) in [5.41, 5.74) is 2.51. The monoisotopic (exact) mass is 286 g/mol. The Kier molecular flexibility index (Phi) is 3.19. The van der Waals surface area contributed by atoms with Crippen molar-refractivity contribution in [2.45, 2.75) is 58.7 Å². The summed E-state index contributed by atoms with van der Waals surface area (Å²) in [6.07, 6.45) is 3.88. The van der Waals surface area contributed by atoms with Crippen molar-refractivity contribution in [3.63, 3.8) is 0 Å². The minimum absolute atomic E-state index is 0.328. The molecule has 1 aliphatic heterocycles. The van der Waals surface area contributed by atoms with Crippen LogP contribution < -0.4 is 5.46 Å². The average Bonchev–Trinajstić information content (AvgIpc) is 2.87. The molecule has 1 N–H and O–H groups in total. The number of pyridine rings is 1. The lowest BCUT2D eigenvalue weighted by Crippen LogP contribution is -2.41. The molecule has 3 heterocycles. The van der Waals surface area contributed by atoms with Crippen LogP contribution in [0.3, 0.4) is 0 Å². The highest BCUT2D eigenvalue weighted by molar-refractivity contribution is 6.62. The second-order valence-electron chi connectivity index (χ2n) is 7.15. The van der Waals surface area contributed by atoms with Crippen LogP contribution in [0.4, 0.5) is 0 Å². The van der Waals surface area contributed by atoms with Gasteiger partial charge in [-0.15, -0.1) is 0 Å². The number of hydrogen-bond donors (Lipinski definition) is 1. The molecule has 0 bridgehead atoms. The lowest BCUT2D eigenvalue weighted by Gasteiger charge is -2.32. The normalized spacial score (nSPS) is 20.6. The number of nitrogens with one attached hydrogen (secondary N) is 1. The SMILES string of the molecule is CC(C)c1c[nH]c2ncc(B3OC(C)(C)C(C)(C)O3)cc12. The molecule has 0 atom stereocenters. The van der Waals surface area contributed by atoms with E-state index in [1.165, 1.54) is 5.56 Å². The molecule has 2 aromatic rings. The van der Waals surface area contributed by atoms with Gasteiger partial charge in [-0.25, -0.2) is 4.98 Å². The highest BCUT2D eigenvalue weighted by Gasteiger charge is 2.51. The van der Waals surface area contributed by atoms with Gasteiger partial charge in [0.1, 0.15) is 5.65 Å². The smallest absolute Gasteiger partial charge is 0.399 e. The maximum Gasteiger partial charge on any atom is 0.496 e. The Morgan fingerprint density at radius 1 is 1.14 bits per heavy atom. The molecule has 0 saturated carbocycles. The van der Waals surface area contributed by atoms with Gasteiger partial charge >= 0.3 is 7.12 Å². The van der Waals surface area contributed by atoms with Crippen LogP contribution >= 0.6 is 0 Å². The van der Waals surface area contributed by atoms with Gasteiger partial charge in [-0.2, -0.15) is 0 Å². The van der Waals surface area contributed by atoms with Crippen LogP contribution in [0.2, 0.25) is 0 Å². The summed E-state index contributed by atoms with van der Waals surface area (Å²) in [5, 5.41) is 1.15. The van der Waals surface area contributed by atoms with Crippen molar-refractivity contribution in [2.24, 2.45) is 0 Å². The molecule has 1 fully saturated rings. The number of fused-ring (bicyclic) bond motifs is 1. The molecule has 21 heavy (non-hydrogen) atoms. The summed E-state index contributed by atoms with van der Waals surface area (Å²) >= 11 is 0. The Bertz CT molecular complexity index is 660. The van der Waals surface area contributed by atoms with E-state index in [4.69, 9.17) is 9.31 Å². The van der Waals surface area contributed by atoms with Crippen LogP contribution in [0, 0.1) is 0 Å². The van der Waals surface area contributed by atoms with Crippen molar-refractivity contribution in [2.75, 3.05) is 0 Å². The number of hydrogen-bond acceptors (Lipinski definition) is 3. The van der Waals surface area contributed by atoms with Gasteiger partial charge in [-0.3, -0.25) is 0 Å². The van der Waals surface area contributed by atoms with Crippen LogP contribution in [-0.4, -0.2) is 28.3 Å². The average molecular weight is 286 g/mol. The summed E-state index contributed by atoms with van der Waals surface area (Å²) < 4.78 is 12.2. The van der Waals surface area contributed by atoms with E-state index in [1.54, 1.807) is 0 Å². The molecule has 1 saturated heterocycles. The Morgan fingerprint density at radius 2 is 1.76 bits per heavy atom. The summed E-state index contributed by atoms with van der Waals surface area (Å²) in [7, 11) is -0.359. The highest BCUT2D eigenvalue weighted by Crippen LogP contribution is 2.36. The number of aromatic nitrogens is 2. The molecule has 5 heteroatoms. The molecule has 0 spiro atoms. The van der Waals surface area contributed by atoms with Crippen LogP contribution in [0.25, 0.3) is 11.0 Å². The van der Waals surface area contributed by atoms with E-state index in [0.717, 1.165) is 16.5 Å². The van der Waals surface area contributed by atoms with Gasteiger partial charge in [0.25, 0.3) is 0 Å². The molecule has 0 radical (unpaired) electrons. The summed E-state index contributed by atoms with van der Waals surface area (Å²) in [5.74, 6) is 0.453. The Balaban J connectivity index is 2.01. The third kappa shape index (κ3) is 2.28. The van der Waals surface area contributed by atoms with Gasteiger partial charge in [0.15, 0.2) is 0 Å². The van der Waals surface area contributed by atoms with Crippen molar-refractivity contribution in [3.05, 3.63) is 24.0 Å². The lowest BCUT2D eigenvalue weighted by atomic mass is 9.79. The third-order valence-electron chi connectivity index (χ3n) is 4.73. The second-order valence-corrected chi connectivity index (χ2v) is 7.15. The quantitative estimate of drug-likeness (QED) is 0.863. The molecule has 3 rings (SSSR count). The van der Waals surface area contributed by atoms with Crippen molar-refractivity contribution in [3.8, 4) is 0 Å². The van der Waals surface area contributed by atoms with E-state index in [9.17, 15) is 0 Å². The van der Waals surface area contributed by atoms with Crippen molar-refractivity contribution >= 4 is 23.6 Å². The van der Waals surface area contributed by atoms with Crippen molar-refractivity contribution in [1.82, 2.24) is 9.97 Å². The molecule has 1 aliphatic rings. The van der Waals surface area contributed by atoms with Gasteiger partial charge in [0.05, 0.1) is 11.2 Å². The minimum Gasteiger partial charge on any atom is -0.399 e. The minimum atomic E-state index is -0.359. The predicted molar refractivity (Wildman–Crippen MR) is 85.9 cm³/mol. The second kappa shape index (κ2) is 4.58. The first-order valence-corrected chi connectivity index (χ1v) is 7.54. The van der Waals surface area contributed by atoms with Gasteiger partial charge < -0.3 is 14.3 Å². The first-order valence-electron chi connectivity index (χ1n) is 7.54. The molecule has 0 unspecified atom stereocenters. The van der Waals surface area contributed by atoms with Gasteiger partial charge in [0, 0.05) is 23.2 Å². The molecular weight excluding hydrogens is 263 g/mol. The molecule has 0 amide bonds. The van der Waals surface area contributed by atoms with Crippen molar-refractivity contribution in [1.29, 1.82) is 0 Å². The lowest BCUT2D eigenvalue weighted by molar-refractivity contribution is 0.00578. The van der Waals surface area contributed by atoms with Gasteiger partial charge in [0.2, 0.25) is 0 Å². The maximum atomic E-state index is 6.10. The van der Waals surface area contributed by atoms with Crippen LogP contribution in [0.5, 0.6) is 0 Å². The van der Waals surface area contributed by atoms with E-state index in [-0.39, 0.29) is 18.3 Å². The number of nitrogens with zero attached hydrogens (tertiary/aromatic N) is 1. The molecule has 4 nitrogen and oxygen atoms in total. The fourth-order valence-electron chi connectivity index (χ4n) is 2.63. The molecule has 0 aliphatic carbocycles. The molecule has 112 valence electrons. The van der Waals surface area contributed by atoms with E-state index in [0.29, 0.717) is 5.92 Å². The topological polar surface area (TPSA) is 47.1 Å². The van der Waals surface area contributed by atoms with E-state index < -0.39 is 0 Å². The van der Waals surface area contributed by atoms with E-state index >= 15 is 0 Å². The fraction of sp³-hybridized carbons (Fsp3) is 0.562. The van der Waals surface area contributed by atoms with E-state index in [1.807, 2.05) is 12.4 Å². The zero-order valence-corrected chi connectivity index (χ0v) is 13.7. The summed E-state index contributed by atoms with van der Waals surface area (Å²) in [6, 6.07) is 2.14. The van der Waals surface area contributed by atoms with E-state index in [2.05, 4.69) is 57.6 Å². The number of aromatic amines is 1. The van der Waals surface area contributed by atoms with Crippen LogP contribution in [0.1, 0.15) is 53.0 Å². The zero-order valence-electron chi connectivity index (χ0n) is 13.7. The van der Waals surface area contributed by atoms with Gasteiger partial charge in [-0.1, -0.05) is 13.8 Å².